The Labute approximate surface area is 141 Å². The van der Waals surface area contributed by atoms with Crippen LogP contribution in [-0.2, 0) is 0 Å². The molecule has 23 heavy (non-hydrogen) atoms. The molecule has 122 valence electrons. The first-order valence-corrected chi connectivity index (χ1v) is 8.25. The first-order valence-electron chi connectivity index (χ1n) is 7.87. The van der Waals surface area contributed by atoms with Crippen molar-refractivity contribution in [1.82, 2.24) is 10.2 Å². The van der Waals surface area contributed by atoms with E-state index in [0.717, 1.165) is 42.5 Å². The molecule has 0 aromatic heterocycles. The highest BCUT2D eigenvalue weighted by atomic mass is 35.5. The van der Waals surface area contributed by atoms with Crippen molar-refractivity contribution in [3.63, 3.8) is 0 Å². The molecule has 0 radical (unpaired) electrons. The molecule has 1 heterocycles. The van der Waals surface area contributed by atoms with E-state index in [2.05, 4.69) is 10.2 Å². The number of hydrogen-bond donors (Lipinski definition) is 1. The fourth-order valence-electron chi connectivity index (χ4n) is 3.13. The van der Waals surface area contributed by atoms with Crippen LogP contribution in [0.2, 0.25) is 5.02 Å². The van der Waals surface area contributed by atoms with Crippen LogP contribution in [0.3, 0.4) is 0 Å². The molecule has 1 saturated heterocycles. The highest BCUT2D eigenvalue weighted by molar-refractivity contribution is 6.37. The van der Waals surface area contributed by atoms with E-state index < -0.39 is 0 Å². The lowest BCUT2D eigenvalue weighted by molar-refractivity contribution is 0.0822. The Bertz CT molecular complexity index is 726. The predicted octanol–water partition coefficient (Wildman–Crippen LogP) is 2.98. The Balaban J connectivity index is 1.98. The van der Waals surface area contributed by atoms with Gasteiger partial charge >= 0.3 is 0 Å². The minimum absolute atomic E-state index is 0.136. The number of nitrogens with zero attached hydrogens (tertiary/aromatic N) is 1. The van der Waals surface area contributed by atoms with Crippen LogP contribution in [0.4, 0.5) is 0 Å². The summed E-state index contributed by atoms with van der Waals surface area (Å²) in [6, 6.07) is 9.28. The third-order valence-electron chi connectivity index (χ3n) is 4.52. The Morgan fingerprint density at radius 1 is 1.22 bits per heavy atom. The van der Waals surface area contributed by atoms with Gasteiger partial charge in [0.05, 0.1) is 18.2 Å². The molecule has 0 saturated carbocycles. The molecule has 1 atom stereocenters. The van der Waals surface area contributed by atoms with Crippen molar-refractivity contribution < 1.29 is 9.53 Å². The SMILES string of the molecule is COc1ccc2c(C(=O)C(C)N3CCNCC3)cccc2c1Cl. The molecule has 0 amide bonds. The van der Waals surface area contributed by atoms with E-state index in [1.54, 1.807) is 7.11 Å². The Morgan fingerprint density at radius 2 is 1.96 bits per heavy atom. The van der Waals surface area contributed by atoms with E-state index in [4.69, 9.17) is 16.3 Å². The number of carbonyl (C=O) groups excluding carboxylic acids is 1. The lowest BCUT2D eigenvalue weighted by atomic mass is 9.97. The minimum atomic E-state index is -0.136. The number of nitrogens with one attached hydrogen (secondary N) is 1. The van der Waals surface area contributed by atoms with Crippen LogP contribution in [-0.4, -0.2) is 50.0 Å². The van der Waals surface area contributed by atoms with Crippen molar-refractivity contribution in [3.05, 3.63) is 40.9 Å². The number of carbonyl (C=O) groups is 1. The maximum atomic E-state index is 13.0. The molecule has 1 fully saturated rings. The summed E-state index contributed by atoms with van der Waals surface area (Å²) < 4.78 is 5.26. The number of piperazine rings is 1. The summed E-state index contributed by atoms with van der Waals surface area (Å²) in [6.45, 7) is 5.63. The number of benzene rings is 2. The van der Waals surface area contributed by atoms with Gasteiger partial charge in [-0.15, -0.1) is 0 Å². The summed E-state index contributed by atoms with van der Waals surface area (Å²) in [5, 5.41) is 5.60. The highest BCUT2D eigenvalue weighted by Gasteiger charge is 2.25. The van der Waals surface area contributed by atoms with Gasteiger partial charge in [-0.3, -0.25) is 9.69 Å². The molecule has 0 aliphatic carbocycles. The zero-order valence-electron chi connectivity index (χ0n) is 13.4. The van der Waals surface area contributed by atoms with E-state index in [9.17, 15) is 4.79 Å². The van der Waals surface area contributed by atoms with Gasteiger partial charge in [-0.1, -0.05) is 29.8 Å². The second-order valence-electron chi connectivity index (χ2n) is 5.81. The monoisotopic (exact) mass is 332 g/mol. The van der Waals surface area contributed by atoms with E-state index in [0.29, 0.717) is 10.8 Å². The molecule has 2 aromatic rings. The highest BCUT2D eigenvalue weighted by Crippen LogP contribution is 2.34. The van der Waals surface area contributed by atoms with Crippen LogP contribution in [0.15, 0.2) is 30.3 Å². The second kappa shape index (κ2) is 6.87. The van der Waals surface area contributed by atoms with Crippen molar-refractivity contribution in [2.75, 3.05) is 33.3 Å². The van der Waals surface area contributed by atoms with Crippen LogP contribution >= 0.6 is 11.6 Å². The predicted molar refractivity (Wildman–Crippen MR) is 93.7 cm³/mol. The summed E-state index contributed by atoms with van der Waals surface area (Å²) in [6.07, 6.45) is 0. The maximum Gasteiger partial charge on any atom is 0.180 e. The number of fused-ring (bicyclic) bond motifs is 1. The number of Topliss-reactive ketones (excluding diaryl/α,β-unsaturated/α-hetero) is 1. The zero-order chi connectivity index (χ0) is 16.4. The van der Waals surface area contributed by atoms with Crippen molar-refractivity contribution in [1.29, 1.82) is 0 Å². The summed E-state index contributed by atoms with van der Waals surface area (Å²) >= 11 is 6.39. The third-order valence-corrected chi connectivity index (χ3v) is 4.91. The topological polar surface area (TPSA) is 41.6 Å². The maximum absolute atomic E-state index is 13.0. The molecule has 5 heteroatoms. The van der Waals surface area contributed by atoms with Crippen molar-refractivity contribution in [2.45, 2.75) is 13.0 Å². The van der Waals surface area contributed by atoms with Crippen molar-refractivity contribution in [2.24, 2.45) is 0 Å². The van der Waals surface area contributed by atoms with Gasteiger partial charge in [0.15, 0.2) is 5.78 Å². The lowest BCUT2D eigenvalue weighted by Crippen LogP contribution is -2.50. The lowest BCUT2D eigenvalue weighted by Gasteiger charge is -2.32. The van der Waals surface area contributed by atoms with Crippen LogP contribution in [0.25, 0.3) is 10.8 Å². The summed E-state index contributed by atoms with van der Waals surface area (Å²) in [4.78, 5) is 15.2. The van der Waals surface area contributed by atoms with Crippen molar-refractivity contribution >= 4 is 28.2 Å². The molecule has 1 N–H and O–H groups in total. The quantitative estimate of drug-likeness (QED) is 0.874. The normalized spacial score (nSPS) is 17.2. The molecule has 1 unspecified atom stereocenters. The van der Waals surface area contributed by atoms with E-state index >= 15 is 0 Å². The molecular weight excluding hydrogens is 312 g/mol. The summed E-state index contributed by atoms with van der Waals surface area (Å²) in [5.74, 6) is 0.762. The second-order valence-corrected chi connectivity index (χ2v) is 6.19. The number of ether oxygens (including phenoxy) is 1. The Kier molecular flexibility index (Phi) is 4.85. The van der Waals surface area contributed by atoms with Gasteiger partial charge in [-0.25, -0.2) is 0 Å². The number of hydrogen-bond acceptors (Lipinski definition) is 4. The smallest absolute Gasteiger partial charge is 0.180 e. The first-order chi connectivity index (χ1) is 11.1. The largest absolute Gasteiger partial charge is 0.495 e. The van der Waals surface area contributed by atoms with Crippen LogP contribution in [0, 0.1) is 0 Å². The van der Waals surface area contributed by atoms with Gasteiger partial charge in [0.1, 0.15) is 5.75 Å². The number of rotatable bonds is 4. The van der Waals surface area contributed by atoms with Crippen LogP contribution < -0.4 is 10.1 Å². The van der Waals surface area contributed by atoms with Crippen LogP contribution in [0.5, 0.6) is 5.75 Å². The number of methoxy groups -OCH3 is 1. The fourth-order valence-corrected chi connectivity index (χ4v) is 3.44. The van der Waals surface area contributed by atoms with Crippen molar-refractivity contribution in [3.8, 4) is 5.75 Å². The molecule has 0 spiro atoms. The van der Waals surface area contributed by atoms with Crippen LogP contribution in [0.1, 0.15) is 17.3 Å². The Hall–Kier alpha value is -1.62. The molecule has 4 nitrogen and oxygen atoms in total. The van der Waals surface area contributed by atoms with Gasteiger partial charge in [0.25, 0.3) is 0 Å². The molecule has 1 aliphatic heterocycles. The molecule has 0 bridgehead atoms. The van der Waals surface area contributed by atoms with Gasteiger partial charge in [0, 0.05) is 37.1 Å². The average Bonchev–Trinajstić information content (AvgIpc) is 2.61. The van der Waals surface area contributed by atoms with Gasteiger partial charge < -0.3 is 10.1 Å². The fraction of sp³-hybridized carbons (Fsp3) is 0.389. The molecule has 3 rings (SSSR count). The van der Waals surface area contributed by atoms with E-state index in [1.165, 1.54) is 0 Å². The minimum Gasteiger partial charge on any atom is -0.495 e. The van der Waals surface area contributed by atoms with E-state index in [-0.39, 0.29) is 11.8 Å². The number of halogens is 1. The van der Waals surface area contributed by atoms with Gasteiger partial charge in [-0.2, -0.15) is 0 Å². The third kappa shape index (κ3) is 3.07. The molecule has 1 aliphatic rings. The summed E-state index contributed by atoms with van der Waals surface area (Å²) in [5.41, 5.74) is 0.720. The van der Waals surface area contributed by atoms with Gasteiger partial charge in [-0.05, 0) is 24.4 Å². The summed E-state index contributed by atoms with van der Waals surface area (Å²) in [7, 11) is 1.59. The number of ketones is 1. The first kappa shape index (κ1) is 16.2. The van der Waals surface area contributed by atoms with Gasteiger partial charge in [0.2, 0.25) is 0 Å². The molecule has 2 aromatic carbocycles. The standard InChI is InChI=1S/C18H21ClN2O2/c1-12(21-10-8-20-9-11-21)18(22)15-5-3-4-14-13(15)6-7-16(23-2)17(14)19/h3-7,12,20H,8-11H2,1-2H3. The zero-order valence-corrected chi connectivity index (χ0v) is 14.2. The Morgan fingerprint density at radius 3 is 2.65 bits per heavy atom. The average molecular weight is 333 g/mol. The molecular formula is C18H21ClN2O2. The van der Waals surface area contributed by atoms with E-state index in [1.807, 2.05) is 37.3 Å².